The number of hydrogen-bond acceptors (Lipinski definition) is 3. The minimum atomic E-state index is 0.248. The molecule has 1 aromatic heterocycles. The van der Waals surface area contributed by atoms with E-state index in [0.717, 1.165) is 24.3 Å². The summed E-state index contributed by atoms with van der Waals surface area (Å²) in [5.41, 5.74) is 0.949. The molecule has 0 spiro atoms. The minimum absolute atomic E-state index is 0.248. The number of benzene rings is 1. The van der Waals surface area contributed by atoms with Gasteiger partial charge in [0.25, 0.3) is 0 Å². The molecule has 2 rings (SSSR count). The number of hydrogen-bond donors (Lipinski definition) is 1. The molecule has 4 nitrogen and oxygen atoms in total. The van der Waals surface area contributed by atoms with Crippen LogP contribution in [0, 0.1) is 0 Å². The van der Waals surface area contributed by atoms with E-state index >= 15 is 0 Å². The molecule has 0 fully saturated rings. The Morgan fingerprint density at radius 2 is 2.17 bits per heavy atom. The van der Waals surface area contributed by atoms with Gasteiger partial charge in [-0.3, -0.25) is 5.10 Å². The Kier molecular flexibility index (Phi) is 4.53. The molecule has 0 saturated heterocycles. The van der Waals surface area contributed by atoms with Crippen molar-refractivity contribution in [3.8, 4) is 5.75 Å². The van der Waals surface area contributed by atoms with Gasteiger partial charge in [0.15, 0.2) is 0 Å². The number of H-pyrrole nitrogens is 1. The monoisotopic (exact) mass is 243 g/mol. The van der Waals surface area contributed by atoms with Crippen LogP contribution in [0.1, 0.15) is 31.4 Å². The van der Waals surface area contributed by atoms with E-state index in [2.05, 4.69) is 22.3 Å². The maximum Gasteiger partial charge on any atom is 0.126 e. The highest BCUT2D eigenvalue weighted by molar-refractivity contribution is 5.22. The van der Waals surface area contributed by atoms with Gasteiger partial charge in [-0.25, -0.2) is 0 Å². The van der Waals surface area contributed by atoms with E-state index in [9.17, 15) is 0 Å². The molecule has 1 unspecified atom stereocenters. The predicted molar refractivity (Wildman–Crippen MR) is 70.2 cm³/mol. The van der Waals surface area contributed by atoms with Crippen LogP contribution in [-0.4, -0.2) is 15.4 Å². The van der Waals surface area contributed by atoms with E-state index in [1.807, 2.05) is 42.6 Å². The lowest BCUT2D eigenvalue weighted by Crippen LogP contribution is -1.96. The lowest BCUT2D eigenvalue weighted by Gasteiger charge is -2.07. The molecule has 0 aliphatic rings. The van der Waals surface area contributed by atoms with Crippen LogP contribution < -0.4 is 4.74 Å². The number of aromatic nitrogens is 3. The predicted octanol–water partition coefficient (Wildman–Crippen LogP) is 3.28. The zero-order valence-electron chi connectivity index (χ0n) is 10.4. The molecule has 0 aliphatic carbocycles. The highest BCUT2D eigenvalue weighted by atomic mass is 16.5. The van der Waals surface area contributed by atoms with E-state index in [1.54, 1.807) is 6.26 Å². The minimum Gasteiger partial charge on any atom is -0.465 e. The van der Waals surface area contributed by atoms with E-state index in [-0.39, 0.29) is 5.92 Å². The standard InChI is InChI=1S/C14H17N3O/c1-2-6-12(14-11-15-17-16-14)9-10-18-13-7-4-3-5-8-13/h3-5,7-12H,2,6H2,1H3,(H,15,16,17). The molecule has 18 heavy (non-hydrogen) atoms. The van der Waals surface area contributed by atoms with Gasteiger partial charge in [0.2, 0.25) is 0 Å². The first kappa shape index (κ1) is 12.4. The Morgan fingerprint density at radius 1 is 1.33 bits per heavy atom. The second-order valence-electron chi connectivity index (χ2n) is 4.05. The molecule has 0 bridgehead atoms. The first-order valence-electron chi connectivity index (χ1n) is 6.15. The number of rotatable bonds is 6. The van der Waals surface area contributed by atoms with Crippen molar-refractivity contribution in [2.24, 2.45) is 0 Å². The zero-order chi connectivity index (χ0) is 12.6. The van der Waals surface area contributed by atoms with Crippen molar-refractivity contribution in [2.45, 2.75) is 25.7 Å². The van der Waals surface area contributed by atoms with Crippen LogP contribution in [0.4, 0.5) is 0 Å². The Hall–Kier alpha value is -2.10. The van der Waals surface area contributed by atoms with Crippen LogP contribution in [0.3, 0.4) is 0 Å². The van der Waals surface area contributed by atoms with Crippen LogP contribution in [0.25, 0.3) is 0 Å². The Balaban J connectivity index is 1.97. The van der Waals surface area contributed by atoms with Gasteiger partial charge in [-0.05, 0) is 24.6 Å². The number of allylic oxidation sites excluding steroid dienone is 1. The molecule has 94 valence electrons. The van der Waals surface area contributed by atoms with E-state index < -0.39 is 0 Å². The maximum absolute atomic E-state index is 5.54. The lowest BCUT2D eigenvalue weighted by atomic mass is 10.0. The van der Waals surface area contributed by atoms with Gasteiger partial charge in [0.05, 0.1) is 12.0 Å². The fourth-order valence-electron chi connectivity index (χ4n) is 1.76. The molecule has 0 radical (unpaired) electrons. The number of aromatic amines is 1. The summed E-state index contributed by atoms with van der Waals surface area (Å²) in [7, 11) is 0. The second kappa shape index (κ2) is 6.59. The lowest BCUT2D eigenvalue weighted by molar-refractivity contribution is 0.475. The Labute approximate surface area is 107 Å². The van der Waals surface area contributed by atoms with Crippen molar-refractivity contribution in [1.82, 2.24) is 15.4 Å². The van der Waals surface area contributed by atoms with Gasteiger partial charge < -0.3 is 4.74 Å². The van der Waals surface area contributed by atoms with Gasteiger partial charge in [-0.1, -0.05) is 36.8 Å². The summed E-state index contributed by atoms with van der Waals surface area (Å²) in [5, 5.41) is 10.5. The van der Waals surface area contributed by atoms with Gasteiger partial charge in [-0.2, -0.15) is 0 Å². The van der Waals surface area contributed by atoms with Crippen molar-refractivity contribution >= 4 is 0 Å². The third kappa shape index (κ3) is 3.45. The van der Waals surface area contributed by atoms with E-state index in [1.165, 1.54) is 0 Å². The van der Waals surface area contributed by atoms with Crippen LogP contribution in [0.2, 0.25) is 0 Å². The Morgan fingerprint density at radius 3 is 2.83 bits per heavy atom. The van der Waals surface area contributed by atoms with E-state index in [0.29, 0.717) is 0 Å². The van der Waals surface area contributed by atoms with Crippen LogP contribution in [-0.2, 0) is 0 Å². The largest absolute Gasteiger partial charge is 0.465 e. The molecule has 2 aromatic rings. The number of nitrogens with one attached hydrogen (secondary N) is 1. The second-order valence-corrected chi connectivity index (χ2v) is 4.05. The average molecular weight is 243 g/mol. The molecule has 0 amide bonds. The van der Waals surface area contributed by atoms with E-state index in [4.69, 9.17) is 4.74 Å². The summed E-state index contributed by atoms with van der Waals surface area (Å²) < 4.78 is 5.54. The third-order valence-corrected chi connectivity index (χ3v) is 2.67. The molecule has 1 aromatic carbocycles. The number of nitrogens with zero attached hydrogens (tertiary/aromatic N) is 2. The summed E-state index contributed by atoms with van der Waals surface area (Å²) in [4.78, 5) is 0. The molecule has 1 heterocycles. The first-order chi connectivity index (χ1) is 8.90. The fraction of sp³-hybridized carbons (Fsp3) is 0.286. The fourth-order valence-corrected chi connectivity index (χ4v) is 1.76. The molecular formula is C14H17N3O. The summed E-state index contributed by atoms with van der Waals surface area (Å²) >= 11 is 0. The molecule has 0 aliphatic heterocycles. The molecule has 1 atom stereocenters. The SMILES string of the molecule is CCCC(C=COc1ccccc1)c1c[nH]nn1. The highest BCUT2D eigenvalue weighted by Crippen LogP contribution is 2.20. The van der Waals surface area contributed by atoms with Crippen molar-refractivity contribution in [1.29, 1.82) is 0 Å². The summed E-state index contributed by atoms with van der Waals surface area (Å²) in [6.07, 6.45) is 7.69. The topological polar surface area (TPSA) is 50.8 Å². The van der Waals surface area contributed by atoms with Gasteiger partial charge in [0, 0.05) is 12.1 Å². The van der Waals surface area contributed by atoms with Gasteiger partial charge >= 0.3 is 0 Å². The van der Waals surface area contributed by atoms with Crippen molar-refractivity contribution in [3.63, 3.8) is 0 Å². The molecule has 0 saturated carbocycles. The van der Waals surface area contributed by atoms with Crippen LogP contribution in [0.5, 0.6) is 5.75 Å². The van der Waals surface area contributed by atoms with Gasteiger partial charge in [-0.15, -0.1) is 5.10 Å². The Bertz CT molecular complexity index is 465. The van der Waals surface area contributed by atoms with Crippen LogP contribution in [0.15, 0.2) is 48.9 Å². The molecular weight excluding hydrogens is 226 g/mol. The molecule has 4 heteroatoms. The van der Waals surface area contributed by atoms with Crippen molar-refractivity contribution in [3.05, 3.63) is 54.6 Å². The molecule has 1 N–H and O–H groups in total. The quantitative estimate of drug-likeness (QED) is 0.792. The zero-order valence-corrected chi connectivity index (χ0v) is 10.4. The number of ether oxygens (including phenoxy) is 1. The summed E-state index contributed by atoms with van der Waals surface area (Å²) in [6, 6.07) is 9.71. The van der Waals surface area contributed by atoms with Gasteiger partial charge in [0.1, 0.15) is 5.75 Å². The smallest absolute Gasteiger partial charge is 0.126 e. The normalized spacial score (nSPS) is 12.7. The summed E-state index contributed by atoms with van der Waals surface area (Å²) in [5.74, 6) is 1.08. The highest BCUT2D eigenvalue weighted by Gasteiger charge is 2.09. The third-order valence-electron chi connectivity index (χ3n) is 2.67. The number of para-hydroxylation sites is 1. The first-order valence-corrected chi connectivity index (χ1v) is 6.15. The van der Waals surface area contributed by atoms with Crippen molar-refractivity contribution < 1.29 is 4.74 Å². The maximum atomic E-state index is 5.54. The average Bonchev–Trinajstić information content (AvgIpc) is 2.93. The van der Waals surface area contributed by atoms with Crippen LogP contribution >= 0.6 is 0 Å². The van der Waals surface area contributed by atoms with Crippen molar-refractivity contribution in [2.75, 3.05) is 0 Å². The summed E-state index contributed by atoms with van der Waals surface area (Å²) in [6.45, 7) is 2.15.